The molecule has 1 aliphatic carbocycles. The molecule has 2 rings (SSSR count). The van der Waals surface area contributed by atoms with Crippen LogP contribution in [0.2, 0.25) is 0 Å². The Labute approximate surface area is 126 Å². The molecule has 126 valence electrons. The first kappa shape index (κ1) is 17.2. The van der Waals surface area contributed by atoms with Gasteiger partial charge in [0.25, 0.3) is 10.0 Å². The van der Waals surface area contributed by atoms with Crippen molar-refractivity contribution >= 4 is 21.7 Å². The van der Waals surface area contributed by atoms with Gasteiger partial charge in [-0.15, -0.1) is 0 Å². The molecule has 22 heavy (non-hydrogen) atoms. The van der Waals surface area contributed by atoms with Crippen molar-refractivity contribution < 1.29 is 26.8 Å². The summed E-state index contributed by atoms with van der Waals surface area (Å²) in [7, 11) is -5.21. The van der Waals surface area contributed by atoms with Crippen molar-refractivity contribution in [2.45, 2.75) is 43.4 Å². The van der Waals surface area contributed by atoms with Crippen LogP contribution in [-0.4, -0.2) is 54.4 Å². The molecule has 1 amide bonds. The molecule has 0 aromatic heterocycles. The van der Waals surface area contributed by atoms with Crippen molar-refractivity contribution in [3.05, 3.63) is 5.21 Å². The number of piperidine rings is 1. The summed E-state index contributed by atoms with van der Waals surface area (Å²) >= 11 is 0. The van der Waals surface area contributed by atoms with Gasteiger partial charge in [-0.1, -0.05) is 12.8 Å². The van der Waals surface area contributed by atoms with E-state index >= 15 is 0 Å². The zero-order valence-electron chi connectivity index (χ0n) is 12.0. The number of likely N-dealkylation sites (tertiary alicyclic amines) is 1. The van der Waals surface area contributed by atoms with Gasteiger partial charge in [0, 0.05) is 24.9 Å². The molecule has 2 fully saturated rings. The maximum absolute atomic E-state index is 14.0. The maximum Gasteiger partial charge on any atom is 0.434 e. The highest BCUT2D eigenvalue weighted by Gasteiger charge is 2.57. The second-order valence-electron chi connectivity index (χ2n) is 5.60. The number of alkyl halides is 2. The maximum atomic E-state index is 14.0. The fourth-order valence-electron chi connectivity index (χ4n) is 3.13. The minimum absolute atomic E-state index is 0.0732. The molecule has 1 aliphatic heterocycles. The minimum Gasteiger partial charge on any atom is -0.772 e. The van der Waals surface area contributed by atoms with Crippen LogP contribution < -0.4 is 0 Å². The van der Waals surface area contributed by atoms with E-state index in [-0.39, 0.29) is 18.7 Å². The first-order valence-electron chi connectivity index (χ1n) is 6.98. The number of Topliss-reactive ketones (excluding diaryl/α,β-unsaturated/α-hetero) is 1. The van der Waals surface area contributed by atoms with E-state index in [0.717, 1.165) is 11.3 Å². The van der Waals surface area contributed by atoms with Crippen LogP contribution in [0.5, 0.6) is 0 Å². The van der Waals surface area contributed by atoms with Gasteiger partial charge in [-0.05, 0) is 19.9 Å². The van der Waals surface area contributed by atoms with E-state index in [1.54, 1.807) is 0 Å². The standard InChI is InChI=1S/C12H17F2N2O5S/c1-15(19)22(20,21)12(13,14)11(18)16-7-6-10(17)8-4-2-3-5-9(8)16/h8-9H,2-7H2,1H3/q-1. The second-order valence-corrected chi connectivity index (χ2v) is 7.58. The minimum atomic E-state index is -5.61. The zero-order valence-corrected chi connectivity index (χ0v) is 12.8. The molecule has 10 heteroatoms. The zero-order chi connectivity index (χ0) is 16.7. The molecule has 0 aromatic carbocycles. The molecular formula is C12H17F2N2O5S-. The number of sulfonamides is 1. The number of amides is 1. The molecule has 2 unspecified atom stereocenters. The number of hydrogen-bond donors (Lipinski definition) is 0. The Morgan fingerprint density at radius 3 is 2.55 bits per heavy atom. The lowest BCUT2D eigenvalue weighted by atomic mass is 9.77. The van der Waals surface area contributed by atoms with Crippen molar-refractivity contribution in [2.75, 3.05) is 13.6 Å². The van der Waals surface area contributed by atoms with Gasteiger partial charge in [-0.2, -0.15) is 8.78 Å². The third kappa shape index (κ3) is 2.63. The van der Waals surface area contributed by atoms with Crippen LogP contribution in [0.25, 0.3) is 0 Å². The fourth-order valence-corrected chi connectivity index (χ4v) is 3.79. The summed E-state index contributed by atoms with van der Waals surface area (Å²) in [6.45, 7) is -0.244. The molecule has 0 N–H and O–H groups in total. The summed E-state index contributed by atoms with van der Waals surface area (Å²) in [6.07, 6.45) is 2.26. The number of hydroxylamine groups is 1. The fraction of sp³-hybridized carbons (Fsp3) is 0.833. The molecule has 0 bridgehead atoms. The Morgan fingerprint density at radius 2 is 1.95 bits per heavy atom. The summed E-state index contributed by atoms with van der Waals surface area (Å²) < 4.78 is 49.9. The average Bonchev–Trinajstić information content (AvgIpc) is 2.47. The Bertz CT molecular complexity index is 578. The Balaban J connectivity index is 2.30. The van der Waals surface area contributed by atoms with E-state index in [9.17, 15) is 32.0 Å². The smallest absolute Gasteiger partial charge is 0.434 e. The average molecular weight is 339 g/mol. The highest BCUT2D eigenvalue weighted by atomic mass is 32.2. The van der Waals surface area contributed by atoms with E-state index in [2.05, 4.69) is 0 Å². The van der Waals surface area contributed by atoms with Crippen molar-refractivity contribution in [3.8, 4) is 0 Å². The lowest BCUT2D eigenvalue weighted by Crippen LogP contribution is -2.59. The number of halogens is 2. The number of carbonyl (C=O) groups excluding carboxylic acids is 2. The van der Waals surface area contributed by atoms with E-state index in [4.69, 9.17) is 0 Å². The Kier molecular flexibility index (Phi) is 4.56. The van der Waals surface area contributed by atoms with Crippen LogP contribution in [-0.2, 0) is 19.6 Å². The van der Waals surface area contributed by atoms with Crippen molar-refractivity contribution in [3.63, 3.8) is 0 Å². The number of carbonyl (C=O) groups is 2. The number of rotatable bonds is 3. The monoisotopic (exact) mass is 339 g/mol. The van der Waals surface area contributed by atoms with Gasteiger partial charge < -0.3 is 10.1 Å². The summed E-state index contributed by atoms with van der Waals surface area (Å²) in [5.74, 6) is -2.52. The highest BCUT2D eigenvalue weighted by Crippen LogP contribution is 2.36. The van der Waals surface area contributed by atoms with Crippen LogP contribution in [0.3, 0.4) is 0 Å². The largest absolute Gasteiger partial charge is 0.772 e. The van der Waals surface area contributed by atoms with Crippen LogP contribution >= 0.6 is 0 Å². The Hall–Kier alpha value is -1.13. The van der Waals surface area contributed by atoms with Crippen molar-refractivity contribution in [1.82, 2.24) is 9.37 Å². The molecule has 1 heterocycles. The topological polar surface area (TPSA) is 97.8 Å². The normalized spacial score (nSPS) is 27.0. The van der Waals surface area contributed by atoms with Gasteiger partial charge in [0.2, 0.25) is 0 Å². The molecule has 0 radical (unpaired) electrons. The first-order chi connectivity index (χ1) is 10.1. The lowest BCUT2D eigenvalue weighted by molar-refractivity contribution is -0.156. The quantitative estimate of drug-likeness (QED) is 0.705. The third-order valence-electron chi connectivity index (χ3n) is 4.31. The molecule has 1 saturated carbocycles. The van der Waals surface area contributed by atoms with Gasteiger partial charge >= 0.3 is 11.2 Å². The summed E-state index contributed by atoms with van der Waals surface area (Å²) in [6, 6.07) is -0.708. The summed E-state index contributed by atoms with van der Waals surface area (Å²) in [4.78, 5) is 24.7. The Morgan fingerprint density at radius 1 is 1.36 bits per heavy atom. The number of fused-ring (bicyclic) bond motifs is 1. The van der Waals surface area contributed by atoms with Gasteiger partial charge in [0.05, 0.1) is 0 Å². The molecule has 0 spiro atoms. The van der Waals surface area contributed by atoms with E-state index in [1.165, 1.54) is 0 Å². The molecule has 7 nitrogen and oxygen atoms in total. The van der Waals surface area contributed by atoms with Gasteiger partial charge in [-0.25, -0.2) is 8.42 Å². The molecule has 0 aromatic rings. The van der Waals surface area contributed by atoms with E-state index in [1.807, 2.05) is 0 Å². The SMILES string of the molecule is CN([O-])S(=O)(=O)C(F)(F)C(=O)N1CCC(=O)C2CCCCC21. The predicted octanol–water partition coefficient (Wildman–Crippen LogP) is 0.699. The van der Waals surface area contributed by atoms with Gasteiger partial charge in [0.1, 0.15) is 5.78 Å². The predicted molar refractivity (Wildman–Crippen MR) is 72.1 cm³/mol. The van der Waals surface area contributed by atoms with Gasteiger partial charge in [-0.3, -0.25) is 14.1 Å². The van der Waals surface area contributed by atoms with Crippen LogP contribution in [0.4, 0.5) is 8.78 Å². The molecule has 1 saturated heterocycles. The number of ketones is 1. The van der Waals surface area contributed by atoms with E-state index in [0.29, 0.717) is 26.3 Å². The molecular weight excluding hydrogens is 322 g/mol. The van der Waals surface area contributed by atoms with Crippen LogP contribution in [0.15, 0.2) is 0 Å². The lowest BCUT2D eigenvalue weighted by Gasteiger charge is -2.44. The summed E-state index contributed by atoms with van der Waals surface area (Å²) in [5.41, 5.74) is 0. The number of hydrogen-bond acceptors (Lipinski definition) is 5. The van der Waals surface area contributed by atoms with Crippen LogP contribution in [0.1, 0.15) is 32.1 Å². The van der Waals surface area contributed by atoms with E-state index < -0.39 is 37.6 Å². The highest BCUT2D eigenvalue weighted by molar-refractivity contribution is 7.91. The number of nitrogens with zero attached hydrogens (tertiary/aromatic N) is 2. The first-order valence-corrected chi connectivity index (χ1v) is 8.42. The molecule has 2 aliphatic rings. The van der Waals surface area contributed by atoms with Crippen molar-refractivity contribution in [2.24, 2.45) is 5.92 Å². The second kappa shape index (κ2) is 5.82. The summed E-state index contributed by atoms with van der Waals surface area (Å²) in [5, 5.41) is 6.03. The molecule has 2 atom stereocenters. The van der Waals surface area contributed by atoms with Crippen molar-refractivity contribution in [1.29, 1.82) is 0 Å². The van der Waals surface area contributed by atoms with Gasteiger partial charge in [0.15, 0.2) is 0 Å². The third-order valence-corrected chi connectivity index (χ3v) is 5.81. The van der Waals surface area contributed by atoms with Crippen LogP contribution in [0, 0.1) is 11.1 Å².